The van der Waals surface area contributed by atoms with Gasteiger partial charge in [0.2, 0.25) is 14.2 Å². The Kier molecular flexibility index (Phi) is 7.08. The summed E-state index contributed by atoms with van der Waals surface area (Å²) in [4.78, 5) is 12.3. The van der Waals surface area contributed by atoms with Crippen molar-refractivity contribution in [2.75, 3.05) is 0 Å². The molecule has 2 aromatic rings. The fourth-order valence-corrected chi connectivity index (χ4v) is 5.81. The summed E-state index contributed by atoms with van der Waals surface area (Å²) < 4.78 is 25.8. The van der Waals surface area contributed by atoms with Gasteiger partial charge in [-0.25, -0.2) is 4.39 Å². The van der Waals surface area contributed by atoms with E-state index in [0.29, 0.717) is 0 Å². The Labute approximate surface area is 187 Å². The number of amides is 1. The van der Waals surface area contributed by atoms with Crippen LogP contribution in [0.25, 0.3) is 0 Å². The van der Waals surface area contributed by atoms with Crippen molar-refractivity contribution in [2.24, 2.45) is 5.92 Å². The molecule has 0 spiro atoms. The fourth-order valence-electron chi connectivity index (χ4n) is 3.85. The average molecular weight is 460 g/mol. The maximum Gasteiger partial charge on any atom is 0.242 e. The first kappa shape index (κ1) is 23.7. The Morgan fingerprint density at radius 1 is 0.935 bits per heavy atom. The minimum absolute atomic E-state index is 0.00850. The first-order chi connectivity index (χ1) is 14.4. The van der Waals surface area contributed by atoms with E-state index in [-0.39, 0.29) is 29.8 Å². The smallest absolute Gasteiger partial charge is 0.242 e. The number of hydrogen-bond acceptors (Lipinski definition) is 3. The van der Waals surface area contributed by atoms with Gasteiger partial charge in [0.25, 0.3) is 0 Å². The van der Waals surface area contributed by atoms with E-state index in [9.17, 15) is 9.18 Å². The maximum atomic E-state index is 13.4. The molecule has 2 aromatic carbocycles. The molecule has 0 aliphatic carbocycles. The number of carbonyl (C=O) groups is 1. The van der Waals surface area contributed by atoms with Crippen LogP contribution in [0.4, 0.5) is 4.39 Å². The van der Waals surface area contributed by atoms with Crippen molar-refractivity contribution in [1.82, 2.24) is 5.32 Å². The zero-order valence-electron chi connectivity index (χ0n) is 19.4. The molecule has 3 atom stereocenters. The van der Waals surface area contributed by atoms with Gasteiger partial charge in [0, 0.05) is 0 Å². The maximum absolute atomic E-state index is 13.4. The number of β-lactam (4-membered cyclic amide) rings is 1. The number of rotatable bonds is 9. The Morgan fingerprint density at radius 3 is 2.06 bits per heavy atom. The van der Waals surface area contributed by atoms with Crippen LogP contribution in [0.1, 0.15) is 36.1 Å². The molecule has 1 N–H and O–H groups in total. The van der Waals surface area contributed by atoms with Crippen molar-refractivity contribution in [2.45, 2.75) is 64.3 Å². The zero-order valence-corrected chi connectivity index (χ0v) is 21.4. The quantitative estimate of drug-likeness (QED) is 0.359. The number of carbonyl (C=O) groups excluding carboxylic acids is 1. The van der Waals surface area contributed by atoms with Crippen LogP contribution in [0.5, 0.6) is 5.75 Å². The van der Waals surface area contributed by atoms with E-state index in [1.807, 2.05) is 24.3 Å². The van der Waals surface area contributed by atoms with Crippen LogP contribution < -0.4 is 9.74 Å². The Morgan fingerprint density at radius 2 is 1.55 bits per heavy atom. The van der Waals surface area contributed by atoms with Gasteiger partial charge in [0.15, 0.2) is 8.32 Å². The van der Waals surface area contributed by atoms with E-state index in [0.717, 1.165) is 29.7 Å². The molecule has 0 aromatic heterocycles. The lowest BCUT2D eigenvalue weighted by Gasteiger charge is -2.38. The number of nitrogens with one attached hydrogen (secondary N) is 1. The van der Waals surface area contributed by atoms with Crippen LogP contribution in [0.15, 0.2) is 48.5 Å². The van der Waals surface area contributed by atoms with Gasteiger partial charge in [-0.1, -0.05) is 24.3 Å². The first-order valence-corrected chi connectivity index (χ1v) is 17.8. The van der Waals surface area contributed by atoms with Crippen LogP contribution in [0.3, 0.4) is 0 Å². The molecule has 3 rings (SSSR count). The van der Waals surface area contributed by atoms with E-state index in [4.69, 9.17) is 8.85 Å². The SMILES string of the molecule is C[Si](C)(C)Oc1ccc(C2NC(=O)[C@H]2CCC(O[Si](C)(C)C)c2ccc(F)cc2)cc1. The molecule has 0 radical (unpaired) electrons. The minimum Gasteiger partial charge on any atom is -0.544 e. The van der Waals surface area contributed by atoms with Crippen LogP contribution in [-0.4, -0.2) is 22.5 Å². The molecule has 0 saturated carbocycles. The summed E-state index contributed by atoms with van der Waals surface area (Å²) in [6.07, 6.45) is 1.31. The molecule has 1 aliphatic heterocycles. The highest BCUT2D eigenvalue weighted by atomic mass is 28.4. The molecule has 4 nitrogen and oxygen atoms in total. The summed E-state index contributed by atoms with van der Waals surface area (Å²) in [7, 11) is -3.46. The molecule has 7 heteroatoms. The number of benzene rings is 2. The summed E-state index contributed by atoms with van der Waals surface area (Å²) in [5, 5.41) is 3.04. The van der Waals surface area contributed by atoms with Crippen molar-refractivity contribution in [3.05, 3.63) is 65.5 Å². The summed E-state index contributed by atoms with van der Waals surface area (Å²) in [6.45, 7) is 12.9. The molecular formula is C24H34FNO3Si2. The molecule has 1 heterocycles. The third kappa shape index (κ3) is 6.76. The predicted octanol–water partition coefficient (Wildman–Crippen LogP) is 6.20. The molecule has 2 unspecified atom stereocenters. The van der Waals surface area contributed by atoms with Crippen LogP contribution in [-0.2, 0) is 9.22 Å². The van der Waals surface area contributed by atoms with Crippen LogP contribution in [0, 0.1) is 11.7 Å². The molecule has 1 saturated heterocycles. The summed E-state index contributed by atoms with van der Waals surface area (Å²) in [6, 6.07) is 14.6. The Hall–Kier alpha value is -1.97. The van der Waals surface area contributed by atoms with Crippen LogP contribution >= 0.6 is 0 Å². The average Bonchev–Trinajstić information content (AvgIpc) is 2.64. The molecule has 31 heavy (non-hydrogen) atoms. The van der Waals surface area contributed by atoms with E-state index in [1.54, 1.807) is 12.1 Å². The predicted molar refractivity (Wildman–Crippen MR) is 128 cm³/mol. The monoisotopic (exact) mass is 459 g/mol. The molecule has 0 bridgehead atoms. The molecule has 1 aliphatic rings. The highest BCUT2D eigenvalue weighted by molar-refractivity contribution is 6.70. The third-order valence-corrected chi connectivity index (χ3v) is 7.02. The lowest BCUT2D eigenvalue weighted by Crippen LogP contribution is -2.51. The second kappa shape index (κ2) is 9.26. The van der Waals surface area contributed by atoms with Gasteiger partial charge >= 0.3 is 0 Å². The topological polar surface area (TPSA) is 47.6 Å². The van der Waals surface area contributed by atoms with Gasteiger partial charge in [-0.15, -0.1) is 0 Å². The van der Waals surface area contributed by atoms with E-state index < -0.39 is 16.6 Å². The highest BCUT2D eigenvalue weighted by Crippen LogP contribution is 2.38. The van der Waals surface area contributed by atoms with Gasteiger partial charge in [-0.2, -0.15) is 0 Å². The van der Waals surface area contributed by atoms with Crippen molar-refractivity contribution in [3.8, 4) is 5.75 Å². The van der Waals surface area contributed by atoms with Crippen LogP contribution in [0.2, 0.25) is 39.3 Å². The second-order valence-corrected chi connectivity index (χ2v) is 19.1. The molecule has 168 valence electrons. The number of halogens is 1. The largest absolute Gasteiger partial charge is 0.544 e. The summed E-state index contributed by atoms with van der Waals surface area (Å²) in [5.41, 5.74) is 2.06. The molecular weight excluding hydrogens is 425 g/mol. The summed E-state index contributed by atoms with van der Waals surface area (Å²) in [5.74, 6) is 0.621. The van der Waals surface area contributed by atoms with E-state index in [1.165, 1.54) is 12.1 Å². The first-order valence-electron chi connectivity index (χ1n) is 10.9. The standard InChI is InChI=1S/C24H34FNO3Si2/c1-30(2,3)28-20-13-9-18(10-14-20)23-21(24(27)26-23)15-16-22(29-31(4,5)6)17-7-11-19(25)12-8-17/h7-14,21-23H,15-16H2,1-6H3,(H,26,27)/t21-,22?,23?/m0/s1. The third-order valence-electron chi connectivity index (χ3n) is 5.18. The molecule has 1 amide bonds. The highest BCUT2D eigenvalue weighted by Gasteiger charge is 2.40. The van der Waals surface area contributed by atoms with Gasteiger partial charge in [0.1, 0.15) is 11.6 Å². The summed E-state index contributed by atoms with van der Waals surface area (Å²) >= 11 is 0. The van der Waals surface area contributed by atoms with E-state index in [2.05, 4.69) is 44.6 Å². The lowest BCUT2D eigenvalue weighted by molar-refractivity contribution is -0.135. The number of hydrogen-bond donors (Lipinski definition) is 1. The van der Waals surface area contributed by atoms with Gasteiger partial charge < -0.3 is 14.2 Å². The molecule has 1 fully saturated rings. The second-order valence-electron chi connectivity index (χ2n) is 10.2. The van der Waals surface area contributed by atoms with Gasteiger partial charge in [0.05, 0.1) is 18.1 Å². The zero-order chi connectivity index (χ0) is 22.8. The lowest BCUT2D eigenvalue weighted by atomic mass is 9.81. The van der Waals surface area contributed by atoms with Gasteiger partial charge in [-0.3, -0.25) is 4.79 Å². The van der Waals surface area contributed by atoms with Gasteiger partial charge in [-0.05, 0) is 87.5 Å². The van der Waals surface area contributed by atoms with E-state index >= 15 is 0 Å². The van der Waals surface area contributed by atoms with Crippen molar-refractivity contribution < 1.29 is 18.0 Å². The Bertz CT molecular complexity index is 889. The normalized spacial score (nSPS) is 20.0. The minimum atomic E-state index is -1.81. The fraction of sp³-hybridized carbons (Fsp3) is 0.458. The van der Waals surface area contributed by atoms with Crippen molar-refractivity contribution in [3.63, 3.8) is 0 Å². The van der Waals surface area contributed by atoms with Crippen molar-refractivity contribution in [1.29, 1.82) is 0 Å². The van der Waals surface area contributed by atoms with Crippen molar-refractivity contribution >= 4 is 22.5 Å². The Balaban J connectivity index is 1.68.